The Bertz CT molecular complexity index is 1220. The number of ether oxygens (including phenoxy) is 1. The third kappa shape index (κ3) is 3.80. The quantitative estimate of drug-likeness (QED) is 0.608. The molecule has 1 saturated heterocycles. The van der Waals surface area contributed by atoms with Crippen LogP contribution in [0.1, 0.15) is 58.5 Å². The topological polar surface area (TPSA) is 66.9 Å². The van der Waals surface area contributed by atoms with Gasteiger partial charge in [0.2, 0.25) is 5.91 Å². The van der Waals surface area contributed by atoms with Gasteiger partial charge in [-0.25, -0.2) is 4.79 Å². The molecule has 1 spiro atoms. The number of likely N-dealkylation sites (tertiary alicyclic amines) is 1. The highest BCUT2D eigenvalue weighted by Crippen LogP contribution is 2.43. The molecule has 0 aliphatic carbocycles. The fourth-order valence-electron chi connectivity index (χ4n) is 5.16. The van der Waals surface area contributed by atoms with Gasteiger partial charge in [-0.3, -0.25) is 9.59 Å². The summed E-state index contributed by atoms with van der Waals surface area (Å²) in [6.45, 7) is 5.89. The Hall–Kier alpha value is -3.12. The Morgan fingerprint density at radius 1 is 1.09 bits per heavy atom. The van der Waals surface area contributed by atoms with E-state index < -0.39 is 5.60 Å². The minimum absolute atomic E-state index is 0.0133. The zero-order valence-electron chi connectivity index (χ0n) is 19.3. The van der Waals surface area contributed by atoms with E-state index in [9.17, 15) is 14.4 Å². The molecule has 2 amide bonds. The van der Waals surface area contributed by atoms with Crippen LogP contribution < -0.4 is 0 Å². The average molecular weight is 479 g/mol. The van der Waals surface area contributed by atoms with E-state index in [0.717, 1.165) is 23.1 Å². The van der Waals surface area contributed by atoms with Crippen LogP contribution in [0.5, 0.6) is 0 Å². The van der Waals surface area contributed by atoms with Crippen LogP contribution in [-0.2, 0) is 15.1 Å². The van der Waals surface area contributed by atoms with Gasteiger partial charge in [0.05, 0.1) is 22.7 Å². The van der Waals surface area contributed by atoms with Gasteiger partial charge in [0, 0.05) is 37.5 Å². The predicted molar refractivity (Wildman–Crippen MR) is 130 cm³/mol. The van der Waals surface area contributed by atoms with Crippen molar-refractivity contribution >= 4 is 35.0 Å². The summed E-state index contributed by atoms with van der Waals surface area (Å²) >= 11 is 6.57. The van der Waals surface area contributed by atoms with Crippen molar-refractivity contribution in [2.45, 2.75) is 32.3 Å². The number of carbonyl (C=O) groups excluding carboxylic acids is 3. The number of amides is 2. The molecule has 0 radical (unpaired) electrons. The number of fused-ring (bicyclic) bond motifs is 2. The molecule has 1 atom stereocenters. The summed E-state index contributed by atoms with van der Waals surface area (Å²) in [7, 11) is 0. The third-order valence-corrected chi connectivity index (χ3v) is 7.34. The largest absolute Gasteiger partial charge is 0.449 e. The Morgan fingerprint density at radius 3 is 2.59 bits per heavy atom. The van der Waals surface area contributed by atoms with Crippen LogP contribution in [-0.4, -0.2) is 53.8 Å². The number of carbonyl (C=O) groups is 3. The van der Waals surface area contributed by atoms with Crippen molar-refractivity contribution < 1.29 is 19.1 Å². The second-order valence-corrected chi connectivity index (χ2v) is 9.93. The van der Waals surface area contributed by atoms with Gasteiger partial charge >= 0.3 is 5.97 Å². The molecule has 0 unspecified atom stereocenters. The smallest absolute Gasteiger partial charge is 0.339 e. The second kappa shape index (κ2) is 8.58. The molecule has 3 heterocycles. The van der Waals surface area contributed by atoms with Crippen LogP contribution in [0.4, 0.5) is 0 Å². The van der Waals surface area contributed by atoms with Gasteiger partial charge in [0.25, 0.3) is 5.91 Å². The summed E-state index contributed by atoms with van der Waals surface area (Å²) in [5.74, 6) is -0.351. The van der Waals surface area contributed by atoms with Crippen LogP contribution in [0.25, 0.3) is 5.57 Å². The number of nitrogens with zero attached hydrogens (tertiary/aromatic N) is 2. The van der Waals surface area contributed by atoms with E-state index in [2.05, 4.69) is 6.08 Å². The maximum absolute atomic E-state index is 13.3. The van der Waals surface area contributed by atoms with Gasteiger partial charge in [-0.1, -0.05) is 55.8 Å². The highest BCUT2D eigenvalue weighted by Gasteiger charge is 2.51. The first-order chi connectivity index (χ1) is 16.3. The fraction of sp³-hybridized carbons (Fsp3) is 0.370. The number of benzene rings is 2. The SMILES string of the molecule is CC(C)C(=O)N1CC=C(c2ccc(C(=O)N3CC[C@@]4(C3)OC(=O)c3ccccc34)c(Cl)c2)CC1. The van der Waals surface area contributed by atoms with Crippen molar-refractivity contribution in [2.75, 3.05) is 26.2 Å². The van der Waals surface area contributed by atoms with Gasteiger partial charge in [-0.2, -0.15) is 0 Å². The molecule has 0 saturated carbocycles. The molecule has 1 fully saturated rings. The zero-order valence-corrected chi connectivity index (χ0v) is 20.1. The van der Waals surface area contributed by atoms with Crippen LogP contribution in [0.15, 0.2) is 48.5 Å². The van der Waals surface area contributed by atoms with E-state index in [4.69, 9.17) is 16.3 Å². The van der Waals surface area contributed by atoms with Crippen molar-refractivity contribution in [1.82, 2.24) is 9.80 Å². The summed E-state index contributed by atoms with van der Waals surface area (Å²) in [4.78, 5) is 41.5. The lowest BCUT2D eigenvalue weighted by atomic mass is 9.91. The standard InChI is InChI=1S/C27H27ClN2O4/c1-17(2)24(31)29-12-9-18(10-13-29)19-7-8-21(23(28)15-19)25(32)30-14-11-27(16-30)22-6-4-3-5-20(22)26(33)34-27/h3-9,15,17H,10-14,16H2,1-2H3/t27-/m0/s1. The fourth-order valence-corrected chi connectivity index (χ4v) is 5.42. The summed E-state index contributed by atoms with van der Waals surface area (Å²) in [6, 6.07) is 12.9. The predicted octanol–water partition coefficient (Wildman–Crippen LogP) is 4.52. The normalized spacial score (nSPS) is 21.6. The summed E-state index contributed by atoms with van der Waals surface area (Å²) in [5.41, 5.74) is 3.19. The van der Waals surface area contributed by atoms with E-state index in [1.54, 1.807) is 17.0 Å². The van der Waals surface area contributed by atoms with Crippen molar-refractivity contribution in [3.05, 3.63) is 75.8 Å². The number of hydrogen-bond donors (Lipinski definition) is 0. The van der Waals surface area contributed by atoms with Gasteiger partial charge in [-0.15, -0.1) is 0 Å². The molecule has 0 bridgehead atoms. The minimum atomic E-state index is -0.776. The third-order valence-electron chi connectivity index (χ3n) is 7.03. The molecule has 2 aromatic carbocycles. The Balaban J connectivity index is 1.31. The Morgan fingerprint density at radius 2 is 1.88 bits per heavy atom. The van der Waals surface area contributed by atoms with Gasteiger partial charge in [0.15, 0.2) is 5.60 Å². The van der Waals surface area contributed by atoms with Gasteiger partial charge in [0.1, 0.15) is 0 Å². The molecule has 5 rings (SSSR count). The summed E-state index contributed by atoms with van der Waals surface area (Å²) < 4.78 is 5.76. The zero-order chi connectivity index (χ0) is 24.0. The van der Waals surface area contributed by atoms with Crippen LogP contribution >= 0.6 is 11.6 Å². The lowest BCUT2D eigenvalue weighted by Gasteiger charge is -2.28. The van der Waals surface area contributed by atoms with E-state index >= 15 is 0 Å². The van der Waals surface area contributed by atoms with Crippen molar-refractivity contribution in [3.8, 4) is 0 Å². The van der Waals surface area contributed by atoms with E-state index in [1.165, 1.54) is 0 Å². The van der Waals surface area contributed by atoms with E-state index in [1.807, 2.05) is 49.1 Å². The van der Waals surface area contributed by atoms with Gasteiger partial charge < -0.3 is 14.5 Å². The van der Waals surface area contributed by atoms with Gasteiger partial charge in [-0.05, 0) is 35.8 Å². The minimum Gasteiger partial charge on any atom is -0.449 e. The first kappa shape index (κ1) is 22.7. The number of halogens is 1. The molecule has 0 N–H and O–H groups in total. The maximum Gasteiger partial charge on any atom is 0.339 e. The molecular formula is C27H27ClN2O4. The number of hydrogen-bond acceptors (Lipinski definition) is 4. The molecule has 6 nitrogen and oxygen atoms in total. The number of rotatable bonds is 3. The van der Waals surface area contributed by atoms with Crippen molar-refractivity contribution in [3.63, 3.8) is 0 Å². The number of esters is 1. The molecule has 34 heavy (non-hydrogen) atoms. The molecule has 2 aromatic rings. The Kier molecular flexibility index (Phi) is 5.72. The lowest BCUT2D eigenvalue weighted by molar-refractivity contribution is -0.134. The van der Waals surface area contributed by atoms with Crippen LogP contribution in [0.3, 0.4) is 0 Å². The summed E-state index contributed by atoms with van der Waals surface area (Å²) in [6.07, 6.45) is 3.38. The average Bonchev–Trinajstić information content (AvgIpc) is 3.39. The molecule has 3 aliphatic rings. The monoisotopic (exact) mass is 478 g/mol. The molecule has 7 heteroatoms. The van der Waals surface area contributed by atoms with Crippen LogP contribution in [0, 0.1) is 5.92 Å². The second-order valence-electron chi connectivity index (χ2n) is 9.52. The van der Waals surface area contributed by atoms with Crippen LogP contribution in [0.2, 0.25) is 5.02 Å². The van der Waals surface area contributed by atoms with E-state index in [-0.39, 0.29) is 23.7 Å². The molecule has 3 aliphatic heterocycles. The highest BCUT2D eigenvalue weighted by molar-refractivity contribution is 6.34. The first-order valence-electron chi connectivity index (χ1n) is 11.7. The molecule has 176 valence electrons. The first-order valence-corrected chi connectivity index (χ1v) is 12.1. The molecule has 0 aromatic heterocycles. The Labute approximate surface area is 204 Å². The summed E-state index contributed by atoms with van der Waals surface area (Å²) in [5, 5.41) is 0.397. The maximum atomic E-state index is 13.3. The lowest BCUT2D eigenvalue weighted by Crippen LogP contribution is -2.37. The highest BCUT2D eigenvalue weighted by atomic mass is 35.5. The van der Waals surface area contributed by atoms with Crippen molar-refractivity contribution in [2.24, 2.45) is 5.92 Å². The van der Waals surface area contributed by atoms with E-state index in [0.29, 0.717) is 48.7 Å². The van der Waals surface area contributed by atoms with Crippen molar-refractivity contribution in [1.29, 1.82) is 0 Å². The molecular weight excluding hydrogens is 452 g/mol.